The molecule has 0 aliphatic heterocycles. The molecule has 10 nitrogen and oxygen atoms in total. The van der Waals surface area contributed by atoms with Crippen LogP contribution in [0.1, 0.15) is 24.3 Å². The predicted octanol–water partition coefficient (Wildman–Crippen LogP) is 3.26. The highest BCUT2D eigenvalue weighted by atomic mass is 19.3. The zero-order valence-electron chi connectivity index (χ0n) is 19.2. The van der Waals surface area contributed by atoms with Crippen molar-refractivity contribution in [1.29, 1.82) is 0 Å². The summed E-state index contributed by atoms with van der Waals surface area (Å²) in [5, 5.41) is 17.7. The van der Waals surface area contributed by atoms with E-state index in [1.54, 1.807) is 36.4 Å². The molecule has 0 saturated carbocycles. The van der Waals surface area contributed by atoms with Crippen LogP contribution in [0.25, 0.3) is 22.2 Å². The van der Waals surface area contributed by atoms with E-state index in [-0.39, 0.29) is 30.9 Å². The van der Waals surface area contributed by atoms with Crippen LogP contribution in [0.3, 0.4) is 0 Å². The maximum absolute atomic E-state index is 12.1. The number of aromatic amines is 1. The Morgan fingerprint density at radius 1 is 1.08 bits per heavy atom. The van der Waals surface area contributed by atoms with Crippen LogP contribution in [0.5, 0.6) is 0 Å². The fraction of sp³-hybridized carbons (Fsp3) is 0.292. The van der Waals surface area contributed by atoms with E-state index >= 15 is 0 Å². The molecule has 1 amide bonds. The molecule has 2 aromatic carbocycles. The van der Waals surface area contributed by atoms with Crippen LogP contribution >= 0.6 is 0 Å². The van der Waals surface area contributed by atoms with Crippen LogP contribution in [-0.2, 0) is 22.6 Å². The number of H-pyrrole nitrogens is 1. The van der Waals surface area contributed by atoms with E-state index in [4.69, 9.17) is 4.52 Å². The molecule has 2 heterocycles. The van der Waals surface area contributed by atoms with Crippen LogP contribution in [0.4, 0.5) is 14.6 Å². The van der Waals surface area contributed by atoms with E-state index in [1.165, 1.54) is 0 Å². The van der Waals surface area contributed by atoms with Crippen molar-refractivity contribution in [2.75, 3.05) is 18.4 Å². The molecule has 36 heavy (non-hydrogen) atoms. The number of nitrogens with one attached hydrogen (secondary N) is 3. The highest BCUT2D eigenvalue weighted by Gasteiger charge is 2.11. The number of anilines is 1. The van der Waals surface area contributed by atoms with Crippen LogP contribution < -0.4 is 16.2 Å². The Balaban J connectivity index is 1.17. The Morgan fingerprint density at radius 3 is 2.64 bits per heavy atom. The first kappa shape index (κ1) is 24.9. The average Bonchev–Trinajstić information content (AvgIpc) is 3.37. The second kappa shape index (κ2) is 12.0. The number of rotatable bonds is 12. The predicted molar refractivity (Wildman–Crippen MR) is 127 cm³/mol. The minimum Gasteiger partial charge on any atom is -0.368 e. The van der Waals surface area contributed by atoms with Crippen molar-refractivity contribution >= 4 is 22.5 Å². The number of hydrogen-bond donors (Lipinski definition) is 3. The Kier molecular flexibility index (Phi) is 8.29. The number of halogens is 2. The van der Waals surface area contributed by atoms with Gasteiger partial charge in [0.1, 0.15) is 0 Å². The summed E-state index contributed by atoms with van der Waals surface area (Å²) in [4.78, 5) is 28.3. The zero-order valence-corrected chi connectivity index (χ0v) is 19.2. The fourth-order valence-electron chi connectivity index (χ4n) is 3.46. The Morgan fingerprint density at radius 2 is 1.86 bits per heavy atom. The van der Waals surface area contributed by atoms with Crippen molar-refractivity contribution in [2.45, 2.75) is 32.5 Å². The van der Waals surface area contributed by atoms with Gasteiger partial charge in [-0.2, -0.15) is 18.9 Å². The van der Waals surface area contributed by atoms with Gasteiger partial charge in [-0.3, -0.25) is 9.59 Å². The van der Waals surface area contributed by atoms with Crippen molar-refractivity contribution in [2.24, 2.45) is 0 Å². The highest BCUT2D eigenvalue weighted by Crippen LogP contribution is 2.18. The van der Waals surface area contributed by atoms with Crippen LogP contribution in [0.15, 0.2) is 57.8 Å². The number of aromatic nitrogens is 4. The summed E-state index contributed by atoms with van der Waals surface area (Å²) in [6, 6.07) is 13.9. The maximum atomic E-state index is 12.1. The molecule has 188 valence electrons. The maximum Gasteiger partial charge on any atom is 0.345 e. The fourth-order valence-corrected chi connectivity index (χ4v) is 3.46. The first-order valence-corrected chi connectivity index (χ1v) is 11.3. The topological polar surface area (TPSA) is 135 Å². The molecule has 12 heteroatoms. The summed E-state index contributed by atoms with van der Waals surface area (Å²) in [6.07, 6.45) is 1.12. The van der Waals surface area contributed by atoms with Crippen molar-refractivity contribution in [3.8, 4) is 11.4 Å². The van der Waals surface area contributed by atoms with Gasteiger partial charge in [0.25, 0.3) is 5.56 Å². The molecule has 4 aromatic rings. The molecule has 0 fully saturated rings. The summed E-state index contributed by atoms with van der Waals surface area (Å²) in [6.45, 7) is -1.99. The lowest BCUT2D eigenvalue weighted by Crippen LogP contribution is -2.26. The van der Waals surface area contributed by atoms with Gasteiger partial charge in [0.15, 0.2) is 5.82 Å². The van der Waals surface area contributed by atoms with Gasteiger partial charge < -0.3 is 19.9 Å². The summed E-state index contributed by atoms with van der Waals surface area (Å²) in [5.74, 6) is 1.11. The lowest BCUT2D eigenvalue weighted by molar-refractivity contribution is -0.137. The number of fused-ring (bicyclic) bond motifs is 1. The molecular formula is C24H24F2N6O4. The van der Waals surface area contributed by atoms with E-state index in [9.17, 15) is 18.4 Å². The van der Waals surface area contributed by atoms with Gasteiger partial charge in [-0.05, 0) is 18.1 Å². The lowest BCUT2D eigenvalue weighted by Gasteiger charge is -2.08. The Bertz CT molecular complexity index is 1360. The van der Waals surface area contributed by atoms with E-state index in [0.717, 1.165) is 5.39 Å². The van der Waals surface area contributed by atoms with E-state index < -0.39 is 6.61 Å². The molecule has 0 spiro atoms. The third kappa shape index (κ3) is 6.69. The van der Waals surface area contributed by atoms with Crippen LogP contribution in [-0.4, -0.2) is 45.9 Å². The summed E-state index contributed by atoms with van der Waals surface area (Å²) < 4.78 is 33.7. The first-order chi connectivity index (χ1) is 17.5. The van der Waals surface area contributed by atoms with Gasteiger partial charge >= 0.3 is 6.61 Å². The number of benzene rings is 2. The number of aryl methyl sites for hydroxylation is 1. The molecule has 2 aromatic heterocycles. The molecule has 0 aliphatic carbocycles. The number of ether oxygens (including phenoxy) is 1. The van der Waals surface area contributed by atoms with Crippen molar-refractivity contribution in [1.82, 2.24) is 25.7 Å². The second-order valence-corrected chi connectivity index (χ2v) is 7.86. The molecule has 0 aliphatic rings. The van der Waals surface area contributed by atoms with E-state index in [0.29, 0.717) is 53.6 Å². The smallest absolute Gasteiger partial charge is 0.345 e. The van der Waals surface area contributed by atoms with Gasteiger partial charge in [0.05, 0.1) is 12.0 Å². The average molecular weight is 498 g/mol. The standard InChI is InChI=1S/C24H24F2N6O4/c25-24(26)35-14-15-6-8-16(9-7-15)21-29-20(36-32-21)11-10-19(33)27-12-3-13-28-22-17-4-1-2-5-18(17)23(34)31-30-22/h1-2,4-9,24H,3,10-14H2,(H,27,33)(H,28,30)(H,31,34). The molecule has 0 radical (unpaired) electrons. The lowest BCUT2D eigenvalue weighted by atomic mass is 10.1. The minimum atomic E-state index is -2.82. The number of carbonyl (C=O) groups excluding carboxylic acids is 1. The molecule has 4 rings (SSSR count). The van der Waals surface area contributed by atoms with Gasteiger partial charge in [-0.1, -0.05) is 47.6 Å². The molecule has 0 atom stereocenters. The summed E-state index contributed by atoms with van der Waals surface area (Å²) >= 11 is 0. The first-order valence-electron chi connectivity index (χ1n) is 11.3. The normalized spacial score (nSPS) is 11.2. The number of amides is 1. The van der Waals surface area contributed by atoms with Gasteiger partial charge in [0.2, 0.25) is 17.6 Å². The Hall–Kier alpha value is -4.19. The number of nitrogens with zero attached hydrogens (tertiary/aromatic N) is 3. The van der Waals surface area contributed by atoms with Gasteiger partial charge in [-0.25, -0.2) is 5.10 Å². The van der Waals surface area contributed by atoms with E-state index in [1.807, 2.05) is 12.1 Å². The van der Waals surface area contributed by atoms with Gasteiger partial charge in [0, 0.05) is 36.9 Å². The molecule has 0 unspecified atom stereocenters. The quantitative estimate of drug-likeness (QED) is 0.253. The number of alkyl halides is 2. The largest absolute Gasteiger partial charge is 0.368 e. The third-order valence-corrected chi connectivity index (χ3v) is 5.29. The second-order valence-electron chi connectivity index (χ2n) is 7.86. The third-order valence-electron chi connectivity index (χ3n) is 5.29. The Labute approximate surface area is 204 Å². The number of carbonyl (C=O) groups is 1. The van der Waals surface area contributed by atoms with Crippen molar-refractivity contribution in [3.63, 3.8) is 0 Å². The molecule has 0 bridgehead atoms. The summed E-state index contributed by atoms with van der Waals surface area (Å²) in [7, 11) is 0. The molecule has 0 saturated heterocycles. The molecule has 3 N–H and O–H groups in total. The van der Waals surface area contributed by atoms with Crippen LogP contribution in [0, 0.1) is 0 Å². The SMILES string of the molecule is O=C(CCc1nc(-c2ccc(COC(F)F)cc2)no1)NCCCNc1n[nH]c(=O)c2ccccc12. The molecular weight excluding hydrogens is 474 g/mol. The monoisotopic (exact) mass is 498 g/mol. The van der Waals surface area contributed by atoms with Crippen molar-refractivity contribution in [3.05, 3.63) is 70.3 Å². The van der Waals surface area contributed by atoms with Gasteiger partial charge in [-0.15, -0.1) is 0 Å². The van der Waals surface area contributed by atoms with Crippen molar-refractivity contribution < 1.29 is 22.8 Å². The van der Waals surface area contributed by atoms with Crippen LogP contribution in [0.2, 0.25) is 0 Å². The summed E-state index contributed by atoms with van der Waals surface area (Å²) in [5.41, 5.74) is 1.01. The highest BCUT2D eigenvalue weighted by molar-refractivity contribution is 5.90. The van der Waals surface area contributed by atoms with E-state index in [2.05, 4.69) is 35.7 Å². The number of hydrogen-bond acceptors (Lipinski definition) is 8. The minimum absolute atomic E-state index is 0.147. The zero-order chi connectivity index (χ0) is 25.3.